The van der Waals surface area contributed by atoms with Crippen LogP contribution >= 0.6 is 28.6 Å². The molecule has 0 heterocycles. The lowest BCUT2D eigenvalue weighted by atomic mass is 9.87. The second-order valence-corrected chi connectivity index (χ2v) is 8.94. The molecule has 30 heavy (non-hydrogen) atoms. The number of fused-ring (bicyclic) bond motifs is 2. The van der Waals surface area contributed by atoms with Gasteiger partial charge in [-0.25, -0.2) is 4.79 Å². The fourth-order valence-electron chi connectivity index (χ4n) is 4.35. The van der Waals surface area contributed by atoms with Gasteiger partial charge in [0.2, 0.25) is 5.91 Å². The summed E-state index contributed by atoms with van der Waals surface area (Å²) in [6.07, 6.45) is 1.77. The number of rotatable bonds is 6. The first kappa shape index (κ1) is 20.9. The summed E-state index contributed by atoms with van der Waals surface area (Å²) in [5.41, 5.74) is 2.95. The minimum atomic E-state index is -1.10. The van der Waals surface area contributed by atoms with Crippen LogP contribution in [0.25, 0.3) is 10.8 Å². The Bertz CT molecular complexity index is 1120. The van der Waals surface area contributed by atoms with Crippen LogP contribution in [0.4, 0.5) is 0 Å². The van der Waals surface area contributed by atoms with Crippen molar-refractivity contribution < 1.29 is 14.7 Å². The Morgan fingerprint density at radius 1 is 1.10 bits per heavy atom. The van der Waals surface area contributed by atoms with Crippen LogP contribution in [0.1, 0.15) is 35.1 Å². The Hall–Kier alpha value is -2.31. The van der Waals surface area contributed by atoms with Gasteiger partial charge in [0.25, 0.3) is 0 Å². The van der Waals surface area contributed by atoms with E-state index in [0.717, 1.165) is 33.7 Å². The minimum absolute atomic E-state index is 0.0386. The maximum absolute atomic E-state index is 13.2. The van der Waals surface area contributed by atoms with Crippen LogP contribution in [0.2, 0.25) is 0 Å². The van der Waals surface area contributed by atoms with E-state index >= 15 is 0 Å². The Balaban J connectivity index is 1.58. The number of hydrogen-bond donors (Lipinski definition) is 3. The summed E-state index contributed by atoms with van der Waals surface area (Å²) in [7, 11) is 0. The van der Waals surface area contributed by atoms with Crippen LogP contribution in [-0.2, 0) is 16.0 Å². The molecular weight excluding hydrogens is 462 g/mol. The van der Waals surface area contributed by atoms with Gasteiger partial charge in [-0.2, -0.15) is 12.6 Å². The second-order valence-electron chi connectivity index (χ2n) is 7.66. The number of thiol groups is 1. The van der Waals surface area contributed by atoms with Crippen LogP contribution in [0.15, 0.2) is 65.1 Å². The first-order chi connectivity index (χ1) is 14.5. The topological polar surface area (TPSA) is 66.4 Å². The summed E-state index contributed by atoms with van der Waals surface area (Å²) in [5, 5.41) is 14.6. The number of halogens is 1. The van der Waals surface area contributed by atoms with E-state index in [2.05, 4.69) is 46.0 Å². The molecule has 0 bridgehead atoms. The average Bonchev–Trinajstić information content (AvgIpc) is 3.14. The number of aliphatic carboxylic acids is 1. The Kier molecular flexibility index (Phi) is 6.16. The maximum Gasteiger partial charge on any atom is 0.330 e. The highest BCUT2D eigenvalue weighted by molar-refractivity contribution is 9.10. The molecule has 0 saturated heterocycles. The Morgan fingerprint density at radius 2 is 1.87 bits per heavy atom. The Morgan fingerprint density at radius 3 is 2.60 bits per heavy atom. The zero-order valence-corrected chi connectivity index (χ0v) is 18.7. The molecule has 4 nitrogen and oxygen atoms in total. The van der Waals surface area contributed by atoms with Gasteiger partial charge in [-0.05, 0) is 64.4 Å². The summed E-state index contributed by atoms with van der Waals surface area (Å²) in [4.78, 5) is 25.2. The summed E-state index contributed by atoms with van der Waals surface area (Å²) < 4.78 is 1.02. The minimum Gasteiger partial charge on any atom is -0.479 e. The van der Waals surface area contributed by atoms with Crippen molar-refractivity contribution in [3.63, 3.8) is 0 Å². The number of amides is 1. The molecular formula is C24H22BrNO3S. The largest absolute Gasteiger partial charge is 0.479 e. The van der Waals surface area contributed by atoms with E-state index in [9.17, 15) is 14.7 Å². The summed E-state index contributed by atoms with van der Waals surface area (Å²) in [5.74, 6) is -1.34. The van der Waals surface area contributed by atoms with Gasteiger partial charge < -0.3 is 10.4 Å². The van der Waals surface area contributed by atoms with Gasteiger partial charge >= 0.3 is 5.97 Å². The van der Waals surface area contributed by atoms with E-state index in [0.29, 0.717) is 11.3 Å². The number of benzene rings is 3. The molecule has 154 valence electrons. The Labute approximate surface area is 189 Å². The molecule has 3 aromatic carbocycles. The molecule has 3 aromatic rings. The van der Waals surface area contributed by atoms with Crippen LogP contribution < -0.4 is 5.32 Å². The van der Waals surface area contributed by atoms with Crippen LogP contribution in [0, 0.1) is 5.92 Å². The molecule has 6 heteroatoms. The number of carbonyl (C=O) groups is 2. The fourth-order valence-corrected chi connectivity index (χ4v) is 5.18. The van der Waals surface area contributed by atoms with E-state index < -0.39 is 17.9 Å². The molecule has 4 rings (SSSR count). The standard InChI is InChI=1S/C24H22BrNO3S/c25-18-8-10-19-16(12-18)7-9-20(19)21(13-30)23(27)26-22(24(28)29)17-6-5-14-3-1-2-4-15(14)11-17/h1-6,8,10-12,20-22,30H,7,9,13H2,(H,26,27)(H,28,29)/t20-,21-,22-/m0/s1. The van der Waals surface area contributed by atoms with Gasteiger partial charge in [-0.15, -0.1) is 0 Å². The van der Waals surface area contributed by atoms with Gasteiger partial charge in [-0.3, -0.25) is 4.79 Å². The molecule has 0 spiro atoms. The van der Waals surface area contributed by atoms with Gasteiger partial charge in [0.15, 0.2) is 6.04 Å². The van der Waals surface area contributed by atoms with Crippen molar-refractivity contribution in [2.24, 2.45) is 5.92 Å². The fraction of sp³-hybridized carbons (Fsp3) is 0.250. The third-order valence-corrected chi connectivity index (χ3v) is 6.78. The molecule has 0 unspecified atom stereocenters. The monoisotopic (exact) mass is 483 g/mol. The van der Waals surface area contributed by atoms with E-state index in [1.807, 2.05) is 42.5 Å². The first-order valence-electron chi connectivity index (χ1n) is 9.89. The number of nitrogens with one attached hydrogen (secondary N) is 1. The van der Waals surface area contributed by atoms with Crippen molar-refractivity contribution in [3.05, 3.63) is 81.8 Å². The van der Waals surface area contributed by atoms with Crippen LogP contribution in [0.3, 0.4) is 0 Å². The van der Waals surface area contributed by atoms with Crippen molar-refractivity contribution in [1.82, 2.24) is 5.32 Å². The SMILES string of the molecule is O=C(O)[C@@H](NC(=O)[C@@H](CS)[C@H]1CCc2cc(Br)ccc21)c1ccc2ccccc2c1. The summed E-state index contributed by atoms with van der Waals surface area (Å²) in [6.45, 7) is 0. The lowest BCUT2D eigenvalue weighted by Crippen LogP contribution is -2.40. The van der Waals surface area contributed by atoms with Crippen molar-refractivity contribution in [2.45, 2.75) is 24.8 Å². The number of carbonyl (C=O) groups excluding carboxylic acids is 1. The average molecular weight is 484 g/mol. The highest BCUT2D eigenvalue weighted by atomic mass is 79.9. The summed E-state index contributed by atoms with van der Waals surface area (Å²) >= 11 is 7.93. The van der Waals surface area contributed by atoms with Gasteiger partial charge in [0.05, 0.1) is 5.92 Å². The lowest BCUT2D eigenvalue weighted by molar-refractivity contribution is -0.142. The third kappa shape index (κ3) is 4.12. The van der Waals surface area contributed by atoms with Gasteiger partial charge in [0.1, 0.15) is 0 Å². The molecule has 2 N–H and O–H groups in total. The molecule has 0 saturated carbocycles. The molecule has 3 atom stereocenters. The van der Waals surface area contributed by atoms with E-state index in [4.69, 9.17) is 0 Å². The molecule has 0 radical (unpaired) electrons. The first-order valence-corrected chi connectivity index (χ1v) is 11.3. The molecule has 0 aliphatic heterocycles. The molecule has 1 aliphatic rings. The predicted molar refractivity (Wildman–Crippen MR) is 125 cm³/mol. The van der Waals surface area contributed by atoms with Gasteiger partial charge in [0, 0.05) is 10.2 Å². The van der Waals surface area contributed by atoms with E-state index in [1.165, 1.54) is 5.56 Å². The molecule has 0 aromatic heterocycles. The highest BCUT2D eigenvalue weighted by Crippen LogP contribution is 2.40. The van der Waals surface area contributed by atoms with Crippen molar-refractivity contribution in [2.75, 3.05) is 5.75 Å². The normalized spacial score (nSPS) is 17.3. The number of aryl methyl sites for hydroxylation is 1. The number of hydrogen-bond acceptors (Lipinski definition) is 3. The number of carboxylic acids is 1. The molecule has 0 fully saturated rings. The zero-order chi connectivity index (χ0) is 21.3. The summed E-state index contributed by atoms with van der Waals surface area (Å²) in [6, 6.07) is 18.3. The van der Waals surface area contributed by atoms with E-state index in [1.54, 1.807) is 6.07 Å². The smallest absolute Gasteiger partial charge is 0.330 e. The quantitative estimate of drug-likeness (QED) is 0.426. The van der Waals surface area contributed by atoms with Crippen LogP contribution in [0.5, 0.6) is 0 Å². The predicted octanol–water partition coefficient (Wildman–Crippen LogP) is 5.12. The van der Waals surface area contributed by atoms with Crippen LogP contribution in [-0.4, -0.2) is 22.7 Å². The third-order valence-electron chi connectivity index (χ3n) is 5.89. The van der Waals surface area contributed by atoms with Crippen molar-refractivity contribution in [3.8, 4) is 0 Å². The van der Waals surface area contributed by atoms with Gasteiger partial charge in [-0.1, -0.05) is 58.4 Å². The second kappa shape index (κ2) is 8.82. The highest BCUT2D eigenvalue weighted by Gasteiger charge is 2.35. The molecule has 1 aliphatic carbocycles. The zero-order valence-electron chi connectivity index (χ0n) is 16.2. The molecule has 1 amide bonds. The van der Waals surface area contributed by atoms with Crippen molar-refractivity contribution >= 4 is 51.2 Å². The van der Waals surface area contributed by atoms with E-state index in [-0.39, 0.29) is 11.8 Å². The number of carboxylic acid groups (broad SMARTS) is 1. The lowest BCUT2D eigenvalue weighted by Gasteiger charge is -2.24. The van der Waals surface area contributed by atoms with Crippen molar-refractivity contribution in [1.29, 1.82) is 0 Å². The maximum atomic E-state index is 13.2.